The predicted molar refractivity (Wildman–Crippen MR) is 86.0 cm³/mol. The van der Waals surface area contributed by atoms with Gasteiger partial charge in [0.05, 0.1) is 0 Å². The first kappa shape index (κ1) is 16.4. The highest BCUT2D eigenvalue weighted by molar-refractivity contribution is 7.89. The number of hydrogen-bond acceptors (Lipinski definition) is 6. The van der Waals surface area contributed by atoms with Crippen LogP contribution in [0.3, 0.4) is 0 Å². The zero-order valence-electron chi connectivity index (χ0n) is 11.8. The van der Waals surface area contributed by atoms with Crippen molar-refractivity contribution in [2.24, 2.45) is 0 Å². The van der Waals surface area contributed by atoms with E-state index in [2.05, 4.69) is 15.0 Å². The van der Waals surface area contributed by atoms with E-state index in [4.69, 9.17) is 0 Å². The number of imidazole rings is 1. The Bertz CT molecular complexity index is 735. The van der Waals surface area contributed by atoms with Gasteiger partial charge in [-0.25, -0.2) is 18.1 Å². The van der Waals surface area contributed by atoms with Crippen LogP contribution in [0.25, 0.3) is 4.96 Å². The Balaban J connectivity index is 2.27. The molecular formula is C11H18N4O3S3. The van der Waals surface area contributed by atoms with Gasteiger partial charge in [0.2, 0.25) is 0 Å². The largest absolute Gasteiger partial charge is 0.368 e. The van der Waals surface area contributed by atoms with Crippen molar-refractivity contribution in [1.29, 1.82) is 0 Å². The number of fused-ring (bicyclic) bond motifs is 1. The molecule has 2 N–H and O–H groups in total. The molecule has 0 aliphatic heterocycles. The van der Waals surface area contributed by atoms with E-state index in [1.807, 2.05) is 6.92 Å². The van der Waals surface area contributed by atoms with Crippen LogP contribution in [-0.2, 0) is 20.8 Å². The highest BCUT2D eigenvalue weighted by Gasteiger charge is 2.25. The third kappa shape index (κ3) is 3.62. The smallest absolute Gasteiger partial charge is 0.260 e. The van der Waals surface area contributed by atoms with E-state index in [0.29, 0.717) is 28.8 Å². The maximum atomic E-state index is 12.5. The van der Waals surface area contributed by atoms with E-state index in [-0.39, 0.29) is 11.6 Å². The van der Waals surface area contributed by atoms with Gasteiger partial charge in [0.25, 0.3) is 10.0 Å². The lowest BCUT2D eigenvalue weighted by atomic mass is 10.6. The molecule has 0 bridgehead atoms. The van der Waals surface area contributed by atoms with Crippen molar-refractivity contribution in [2.75, 3.05) is 29.9 Å². The summed E-state index contributed by atoms with van der Waals surface area (Å²) in [6, 6.07) is 0. The summed E-state index contributed by atoms with van der Waals surface area (Å²) in [7, 11) is -4.71. The molecular weight excluding hydrogens is 332 g/mol. The monoisotopic (exact) mass is 350 g/mol. The first-order valence-electron chi connectivity index (χ1n) is 6.53. The standard InChI is InChI=1S/C11H18N4O3S3/c1-3-12-9-10(15-6-7-19-11(15)14-9)21(17,18)13-5-8-20(16)4-2/h6-7,12-13H,3-5,8H2,1-2H3. The minimum Gasteiger partial charge on any atom is -0.368 e. The number of hydrogen-bond donors (Lipinski definition) is 2. The lowest BCUT2D eigenvalue weighted by molar-refractivity contribution is 0.579. The van der Waals surface area contributed by atoms with Gasteiger partial charge in [0, 0.05) is 47.0 Å². The lowest BCUT2D eigenvalue weighted by Gasteiger charge is -2.08. The third-order valence-electron chi connectivity index (χ3n) is 2.76. The highest BCUT2D eigenvalue weighted by atomic mass is 32.2. The van der Waals surface area contributed by atoms with Crippen molar-refractivity contribution in [3.8, 4) is 0 Å². The van der Waals surface area contributed by atoms with Gasteiger partial charge in [-0.15, -0.1) is 11.3 Å². The summed E-state index contributed by atoms with van der Waals surface area (Å²) >= 11 is 1.37. The van der Waals surface area contributed by atoms with Crippen LogP contribution in [0.5, 0.6) is 0 Å². The average molecular weight is 350 g/mol. The number of nitrogens with zero attached hydrogens (tertiary/aromatic N) is 2. The molecule has 0 aromatic carbocycles. The molecule has 2 rings (SSSR count). The van der Waals surface area contributed by atoms with E-state index in [1.165, 1.54) is 11.3 Å². The summed E-state index contributed by atoms with van der Waals surface area (Å²) in [4.78, 5) is 4.89. The molecule has 2 heterocycles. The molecule has 21 heavy (non-hydrogen) atoms. The van der Waals surface area contributed by atoms with Crippen LogP contribution in [0.15, 0.2) is 16.6 Å². The van der Waals surface area contributed by atoms with Crippen LogP contribution in [0, 0.1) is 0 Å². The van der Waals surface area contributed by atoms with Crippen LogP contribution in [0.1, 0.15) is 13.8 Å². The molecule has 0 spiro atoms. The first-order chi connectivity index (χ1) is 9.99. The molecule has 0 saturated heterocycles. The molecule has 0 fully saturated rings. The predicted octanol–water partition coefficient (Wildman–Crippen LogP) is 0.874. The fourth-order valence-corrected chi connectivity index (χ4v) is 4.61. The van der Waals surface area contributed by atoms with Gasteiger partial charge in [-0.1, -0.05) is 6.92 Å². The fraction of sp³-hybridized carbons (Fsp3) is 0.545. The lowest BCUT2D eigenvalue weighted by Crippen LogP contribution is -2.29. The van der Waals surface area contributed by atoms with Crippen LogP contribution >= 0.6 is 11.3 Å². The topological polar surface area (TPSA) is 92.6 Å². The molecule has 2 aromatic rings. The highest BCUT2D eigenvalue weighted by Crippen LogP contribution is 2.25. The third-order valence-corrected chi connectivity index (χ3v) is 6.30. The summed E-state index contributed by atoms with van der Waals surface area (Å²) in [6.45, 7) is 4.40. The van der Waals surface area contributed by atoms with Gasteiger partial charge in [0.1, 0.15) is 0 Å². The van der Waals surface area contributed by atoms with Crippen molar-refractivity contribution in [2.45, 2.75) is 18.9 Å². The van der Waals surface area contributed by atoms with Crippen LogP contribution in [0.2, 0.25) is 0 Å². The van der Waals surface area contributed by atoms with E-state index in [0.717, 1.165) is 0 Å². The number of thiazole rings is 1. The molecule has 118 valence electrons. The van der Waals surface area contributed by atoms with Gasteiger partial charge in [-0.3, -0.25) is 8.61 Å². The maximum Gasteiger partial charge on any atom is 0.260 e. The minimum absolute atomic E-state index is 0.0999. The maximum absolute atomic E-state index is 12.5. The Morgan fingerprint density at radius 2 is 2.19 bits per heavy atom. The van der Waals surface area contributed by atoms with E-state index >= 15 is 0 Å². The first-order valence-corrected chi connectivity index (χ1v) is 10.4. The van der Waals surface area contributed by atoms with Gasteiger partial charge < -0.3 is 5.32 Å². The number of nitrogens with one attached hydrogen (secondary N) is 2. The second kappa shape index (κ2) is 6.86. The molecule has 1 atom stereocenters. The van der Waals surface area contributed by atoms with Crippen molar-refractivity contribution in [3.05, 3.63) is 11.6 Å². The summed E-state index contributed by atoms with van der Waals surface area (Å²) in [5.74, 6) is 1.16. The SMILES string of the molecule is CCNc1nc2sccn2c1S(=O)(=O)NCCS(=O)CC. The van der Waals surface area contributed by atoms with Crippen molar-refractivity contribution < 1.29 is 12.6 Å². The molecule has 10 heteroatoms. The molecule has 0 aliphatic carbocycles. The second-order valence-corrected chi connectivity index (χ2v) is 8.60. The average Bonchev–Trinajstić information content (AvgIpc) is 2.98. The molecule has 2 aromatic heterocycles. The van der Waals surface area contributed by atoms with Crippen molar-refractivity contribution in [3.63, 3.8) is 0 Å². The Hall–Kier alpha value is -0.970. The Labute approximate surface area is 130 Å². The van der Waals surface area contributed by atoms with E-state index in [1.54, 1.807) is 22.9 Å². The zero-order valence-corrected chi connectivity index (χ0v) is 14.3. The van der Waals surface area contributed by atoms with Crippen LogP contribution in [-0.4, -0.2) is 46.6 Å². The molecule has 7 nitrogen and oxygen atoms in total. The van der Waals surface area contributed by atoms with E-state index < -0.39 is 20.8 Å². The van der Waals surface area contributed by atoms with Crippen molar-refractivity contribution in [1.82, 2.24) is 14.1 Å². The number of rotatable bonds is 8. The van der Waals surface area contributed by atoms with Crippen LogP contribution < -0.4 is 10.0 Å². The van der Waals surface area contributed by atoms with Gasteiger partial charge in [0.15, 0.2) is 15.8 Å². The second-order valence-electron chi connectivity index (χ2n) is 4.18. The molecule has 1 unspecified atom stereocenters. The molecule has 0 amide bonds. The quantitative estimate of drug-likeness (QED) is 0.737. The Morgan fingerprint density at radius 1 is 1.43 bits per heavy atom. The van der Waals surface area contributed by atoms with Gasteiger partial charge in [-0.2, -0.15) is 0 Å². The fourth-order valence-electron chi connectivity index (χ4n) is 1.81. The number of sulfonamides is 1. The number of aromatic nitrogens is 2. The minimum atomic E-state index is -3.71. The van der Waals surface area contributed by atoms with Crippen LogP contribution in [0.4, 0.5) is 5.82 Å². The Morgan fingerprint density at radius 3 is 2.86 bits per heavy atom. The summed E-state index contributed by atoms with van der Waals surface area (Å²) in [5, 5.41) is 4.84. The summed E-state index contributed by atoms with van der Waals surface area (Å²) in [5.41, 5.74) is 0. The van der Waals surface area contributed by atoms with Gasteiger partial charge in [-0.05, 0) is 6.92 Å². The zero-order chi connectivity index (χ0) is 15.5. The summed E-state index contributed by atoms with van der Waals surface area (Å²) in [6.07, 6.45) is 1.67. The van der Waals surface area contributed by atoms with Gasteiger partial charge >= 0.3 is 0 Å². The summed E-state index contributed by atoms with van der Waals surface area (Å²) < 4.78 is 40.3. The number of anilines is 1. The molecule has 0 radical (unpaired) electrons. The molecule has 0 saturated carbocycles. The van der Waals surface area contributed by atoms with E-state index in [9.17, 15) is 12.6 Å². The molecule has 0 aliphatic rings. The Kier molecular flexibility index (Phi) is 5.36. The normalized spacial score (nSPS) is 13.6. The van der Waals surface area contributed by atoms with Crippen molar-refractivity contribution >= 4 is 42.9 Å².